The van der Waals surface area contributed by atoms with Crippen LogP contribution in [0.15, 0.2) is 0 Å². The largest absolute Gasteiger partial charge is 0.383 e. The molecular formula is C15H30N2O4S. The quantitative estimate of drug-likeness (QED) is 0.468. The van der Waals surface area contributed by atoms with E-state index in [0.29, 0.717) is 12.3 Å². The summed E-state index contributed by atoms with van der Waals surface area (Å²) < 4.78 is 5.64. The molecule has 1 atom stereocenters. The fraction of sp³-hybridized carbons (Fsp3) is 0.867. The van der Waals surface area contributed by atoms with Gasteiger partial charge in [-0.1, -0.05) is 13.8 Å². The molecule has 22 heavy (non-hydrogen) atoms. The normalized spacial score (nSPS) is 13.6. The van der Waals surface area contributed by atoms with Crippen LogP contribution in [0.2, 0.25) is 0 Å². The summed E-state index contributed by atoms with van der Waals surface area (Å²) in [5.74, 6) is -0.0811. The van der Waals surface area contributed by atoms with Gasteiger partial charge < -0.3 is 20.5 Å². The molecule has 0 bridgehead atoms. The molecule has 0 aromatic rings. The molecule has 0 saturated carbocycles. The van der Waals surface area contributed by atoms with E-state index in [2.05, 4.69) is 23.3 Å². The van der Waals surface area contributed by atoms with Crippen molar-refractivity contribution in [2.45, 2.75) is 52.7 Å². The van der Waals surface area contributed by atoms with Crippen LogP contribution < -0.4 is 10.6 Å². The molecule has 0 aliphatic rings. The van der Waals surface area contributed by atoms with Crippen molar-refractivity contribution >= 4 is 24.4 Å². The Kier molecular flexibility index (Phi) is 9.04. The Morgan fingerprint density at radius 1 is 1.14 bits per heavy atom. The van der Waals surface area contributed by atoms with E-state index in [0.717, 1.165) is 0 Å². The van der Waals surface area contributed by atoms with Crippen LogP contribution in [0.3, 0.4) is 0 Å². The smallest absolute Gasteiger partial charge is 0.249 e. The summed E-state index contributed by atoms with van der Waals surface area (Å²) in [6.07, 6.45) is -1.03. The average molecular weight is 334 g/mol. The van der Waals surface area contributed by atoms with E-state index in [-0.39, 0.29) is 31.1 Å². The van der Waals surface area contributed by atoms with Crippen LogP contribution in [0.5, 0.6) is 0 Å². The van der Waals surface area contributed by atoms with Crippen LogP contribution in [0.25, 0.3) is 0 Å². The highest BCUT2D eigenvalue weighted by atomic mass is 32.1. The number of aliphatic hydroxyl groups excluding tert-OH is 1. The van der Waals surface area contributed by atoms with Gasteiger partial charge in [-0.15, -0.1) is 0 Å². The number of carbonyl (C=O) groups excluding carboxylic acids is 2. The molecule has 0 aliphatic carbocycles. The summed E-state index contributed by atoms with van der Waals surface area (Å²) >= 11 is 3.99. The minimum Gasteiger partial charge on any atom is -0.383 e. The number of aliphatic hydroxyl groups is 1. The second kappa shape index (κ2) is 9.37. The van der Waals surface area contributed by atoms with E-state index in [4.69, 9.17) is 4.74 Å². The number of amides is 2. The van der Waals surface area contributed by atoms with Crippen LogP contribution in [0.1, 0.15) is 41.0 Å². The van der Waals surface area contributed by atoms with Gasteiger partial charge in [0, 0.05) is 30.7 Å². The summed E-state index contributed by atoms with van der Waals surface area (Å²) in [5.41, 5.74) is -1.05. The molecule has 0 spiro atoms. The average Bonchev–Trinajstić information content (AvgIpc) is 2.41. The van der Waals surface area contributed by atoms with Crippen molar-refractivity contribution in [2.75, 3.05) is 25.4 Å². The third kappa shape index (κ3) is 9.27. The molecular weight excluding hydrogens is 304 g/mol. The first kappa shape index (κ1) is 21.2. The Hall–Kier alpha value is -0.790. The Morgan fingerprint density at radius 2 is 1.73 bits per heavy atom. The van der Waals surface area contributed by atoms with Gasteiger partial charge in [-0.25, -0.2) is 0 Å². The first-order valence-corrected chi connectivity index (χ1v) is 8.10. The zero-order chi connectivity index (χ0) is 17.4. The van der Waals surface area contributed by atoms with Crippen molar-refractivity contribution < 1.29 is 19.4 Å². The Morgan fingerprint density at radius 3 is 2.23 bits per heavy atom. The van der Waals surface area contributed by atoms with Crippen LogP contribution in [-0.4, -0.2) is 54.1 Å². The molecule has 0 aliphatic heterocycles. The highest BCUT2D eigenvalue weighted by molar-refractivity contribution is 7.80. The first-order valence-electron chi connectivity index (χ1n) is 7.47. The monoisotopic (exact) mass is 334 g/mol. The number of rotatable bonds is 9. The molecule has 6 nitrogen and oxygen atoms in total. The molecule has 0 rings (SSSR count). The molecule has 3 N–H and O–H groups in total. The van der Waals surface area contributed by atoms with Crippen molar-refractivity contribution in [1.29, 1.82) is 0 Å². The van der Waals surface area contributed by atoms with Crippen LogP contribution in [0.4, 0.5) is 0 Å². The topological polar surface area (TPSA) is 87.7 Å². The summed E-state index contributed by atoms with van der Waals surface area (Å²) in [5, 5.41) is 15.4. The lowest BCUT2D eigenvalue weighted by Gasteiger charge is -2.32. The van der Waals surface area contributed by atoms with Crippen molar-refractivity contribution in [3.8, 4) is 0 Å². The lowest BCUT2D eigenvalue weighted by Crippen LogP contribution is -2.47. The van der Waals surface area contributed by atoms with Gasteiger partial charge in [0.25, 0.3) is 0 Å². The van der Waals surface area contributed by atoms with Crippen LogP contribution in [0, 0.1) is 5.41 Å². The number of ether oxygens (including phenoxy) is 1. The van der Waals surface area contributed by atoms with Crippen molar-refractivity contribution in [3.05, 3.63) is 0 Å². The van der Waals surface area contributed by atoms with E-state index in [1.165, 1.54) is 0 Å². The molecule has 0 fully saturated rings. The van der Waals surface area contributed by atoms with Gasteiger partial charge >= 0.3 is 0 Å². The third-order valence-electron chi connectivity index (χ3n) is 2.95. The number of hydrogen-bond acceptors (Lipinski definition) is 5. The van der Waals surface area contributed by atoms with Crippen molar-refractivity contribution in [3.63, 3.8) is 0 Å². The lowest BCUT2D eigenvalue weighted by atomic mass is 9.86. The first-order chi connectivity index (χ1) is 9.99. The fourth-order valence-corrected chi connectivity index (χ4v) is 1.63. The molecule has 7 heteroatoms. The minimum atomic E-state index is -1.20. The predicted octanol–water partition coefficient (Wildman–Crippen LogP) is 0.741. The van der Waals surface area contributed by atoms with Gasteiger partial charge in [0.2, 0.25) is 11.8 Å². The van der Waals surface area contributed by atoms with Gasteiger partial charge in [0.05, 0.1) is 12.2 Å². The highest BCUT2D eigenvalue weighted by Gasteiger charge is 2.34. The maximum Gasteiger partial charge on any atom is 0.249 e. The maximum absolute atomic E-state index is 11.9. The molecule has 130 valence electrons. The molecule has 2 amide bonds. The zero-order valence-electron chi connectivity index (χ0n) is 14.2. The fourth-order valence-electron chi connectivity index (χ4n) is 1.52. The van der Waals surface area contributed by atoms with Gasteiger partial charge in [-0.05, 0) is 20.8 Å². The lowest BCUT2D eigenvalue weighted by molar-refractivity contribution is -0.142. The van der Waals surface area contributed by atoms with Crippen LogP contribution >= 0.6 is 12.6 Å². The third-order valence-corrected chi connectivity index (χ3v) is 3.17. The predicted molar refractivity (Wildman–Crippen MR) is 90.0 cm³/mol. The molecule has 0 radical (unpaired) electrons. The highest BCUT2D eigenvalue weighted by Crippen LogP contribution is 2.24. The SMILES string of the molecule is CC(C)(C)OCC(C)(C)C(O)C(=O)NCCC(=O)NCCS. The summed E-state index contributed by atoms with van der Waals surface area (Å²) in [6, 6.07) is 0. The van der Waals surface area contributed by atoms with Crippen molar-refractivity contribution in [1.82, 2.24) is 10.6 Å². The number of hydrogen-bond donors (Lipinski definition) is 4. The Labute approximate surface area is 138 Å². The standard InChI is InChI=1S/C15H30N2O4S/c1-14(2,3)21-10-15(4,5)12(19)13(20)17-7-6-11(18)16-8-9-22/h12,19,22H,6-10H2,1-5H3,(H,16,18)(H,17,20). The minimum absolute atomic E-state index is 0.154. The molecule has 0 aromatic heterocycles. The number of nitrogens with one attached hydrogen (secondary N) is 2. The van der Waals surface area contributed by atoms with E-state index in [9.17, 15) is 14.7 Å². The maximum atomic E-state index is 11.9. The van der Waals surface area contributed by atoms with Crippen molar-refractivity contribution in [2.24, 2.45) is 5.41 Å². The number of carbonyl (C=O) groups is 2. The summed E-state index contributed by atoms with van der Waals surface area (Å²) in [7, 11) is 0. The van der Waals surface area contributed by atoms with Gasteiger partial charge in [0.15, 0.2) is 0 Å². The Balaban J connectivity index is 4.21. The summed E-state index contributed by atoms with van der Waals surface area (Å²) in [4.78, 5) is 23.3. The van der Waals surface area contributed by atoms with Gasteiger partial charge in [-0.2, -0.15) is 12.6 Å². The van der Waals surface area contributed by atoms with E-state index < -0.39 is 17.4 Å². The molecule has 0 saturated heterocycles. The summed E-state index contributed by atoms with van der Waals surface area (Å²) in [6.45, 7) is 10.2. The van der Waals surface area contributed by atoms with E-state index >= 15 is 0 Å². The zero-order valence-corrected chi connectivity index (χ0v) is 15.1. The van der Waals surface area contributed by atoms with Crippen LogP contribution in [-0.2, 0) is 14.3 Å². The van der Waals surface area contributed by atoms with Gasteiger partial charge in [-0.3, -0.25) is 9.59 Å². The number of thiol groups is 1. The molecule has 0 heterocycles. The second-order valence-electron chi connectivity index (χ2n) is 6.91. The van der Waals surface area contributed by atoms with E-state index in [1.54, 1.807) is 13.8 Å². The van der Waals surface area contributed by atoms with E-state index in [1.807, 2.05) is 20.8 Å². The Bertz CT molecular complexity index is 367. The second-order valence-corrected chi connectivity index (χ2v) is 7.35. The molecule has 0 aromatic carbocycles. The van der Waals surface area contributed by atoms with Gasteiger partial charge in [0.1, 0.15) is 6.10 Å². The molecule has 1 unspecified atom stereocenters.